The molecule has 2 nitrogen and oxygen atoms in total. The van der Waals surface area contributed by atoms with E-state index in [1.807, 2.05) is 28.7 Å². The van der Waals surface area contributed by atoms with Crippen LogP contribution in [0, 0.1) is 0 Å². The van der Waals surface area contributed by atoms with E-state index in [9.17, 15) is 0 Å². The lowest BCUT2D eigenvalue weighted by Crippen LogP contribution is -2.10. The van der Waals surface area contributed by atoms with Crippen molar-refractivity contribution >= 4 is 124 Å². The topological polar surface area (TPSA) is 16.4 Å². The molecule has 12 rings (SSSR count). The molecule has 4 heteroatoms. The summed E-state index contributed by atoms with van der Waals surface area (Å²) in [6.07, 6.45) is 0. The minimum Gasteiger partial charge on any atom is -0.456 e. The molecular formula is C50H29NOS2. The van der Waals surface area contributed by atoms with Crippen LogP contribution in [-0.2, 0) is 0 Å². The average Bonchev–Trinajstić information content (AvgIpc) is 3.92. The Kier molecular flexibility index (Phi) is 6.41. The number of thiophene rings is 2. The highest BCUT2D eigenvalue weighted by molar-refractivity contribution is 7.27. The van der Waals surface area contributed by atoms with Crippen LogP contribution in [0.1, 0.15) is 0 Å². The van der Waals surface area contributed by atoms with E-state index in [2.05, 4.69) is 175 Å². The van der Waals surface area contributed by atoms with Crippen LogP contribution in [0.5, 0.6) is 0 Å². The average molecular weight is 724 g/mol. The highest BCUT2D eigenvalue weighted by Crippen LogP contribution is 2.51. The van der Waals surface area contributed by atoms with Gasteiger partial charge in [-0.2, -0.15) is 0 Å². The number of rotatable bonds is 4. The molecule has 3 aromatic heterocycles. The normalized spacial score (nSPS) is 12.1. The molecule has 252 valence electrons. The van der Waals surface area contributed by atoms with Crippen LogP contribution in [0.15, 0.2) is 180 Å². The number of hydrogen-bond donors (Lipinski definition) is 0. The highest BCUT2D eigenvalue weighted by atomic mass is 32.1. The Hall–Kier alpha value is -6.46. The zero-order chi connectivity index (χ0) is 35.3. The van der Waals surface area contributed by atoms with Crippen LogP contribution in [0.25, 0.3) is 95.0 Å². The molecule has 0 aliphatic carbocycles. The van der Waals surface area contributed by atoms with Crippen molar-refractivity contribution in [3.05, 3.63) is 176 Å². The van der Waals surface area contributed by atoms with Gasteiger partial charge in [-0.15, -0.1) is 22.7 Å². The van der Waals surface area contributed by atoms with E-state index in [0.29, 0.717) is 0 Å². The predicted molar refractivity (Wildman–Crippen MR) is 235 cm³/mol. The molecule has 12 aromatic rings. The van der Waals surface area contributed by atoms with E-state index in [0.717, 1.165) is 22.2 Å². The van der Waals surface area contributed by atoms with E-state index in [1.165, 1.54) is 89.8 Å². The van der Waals surface area contributed by atoms with Gasteiger partial charge in [0.25, 0.3) is 0 Å². The van der Waals surface area contributed by atoms with Gasteiger partial charge < -0.3 is 9.32 Å². The summed E-state index contributed by atoms with van der Waals surface area (Å²) in [5.74, 6) is 0. The predicted octanol–water partition coefficient (Wildman–Crippen LogP) is 15.8. The second-order valence-electron chi connectivity index (χ2n) is 14.1. The van der Waals surface area contributed by atoms with Crippen molar-refractivity contribution in [3.8, 4) is 11.1 Å². The van der Waals surface area contributed by atoms with Crippen molar-refractivity contribution in [2.45, 2.75) is 0 Å². The summed E-state index contributed by atoms with van der Waals surface area (Å²) in [7, 11) is 0. The maximum Gasteiger partial charge on any atom is 0.136 e. The molecule has 0 saturated heterocycles. The quantitative estimate of drug-likeness (QED) is 0.180. The van der Waals surface area contributed by atoms with Gasteiger partial charge in [0.15, 0.2) is 0 Å². The van der Waals surface area contributed by atoms with Gasteiger partial charge in [0.1, 0.15) is 11.2 Å². The smallest absolute Gasteiger partial charge is 0.136 e. The van der Waals surface area contributed by atoms with Gasteiger partial charge in [0, 0.05) is 47.4 Å². The van der Waals surface area contributed by atoms with Gasteiger partial charge in [-0.3, -0.25) is 0 Å². The maximum absolute atomic E-state index is 6.35. The molecule has 0 aliphatic rings. The van der Waals surface area contributed by atoms with Crippen molar-refractivity contribution in [2.24, 2.45) is 0 Å². The maximum atomic E-state index is 6.35. The Morgan fingerprint density at radius 1 is 0.370 bits per heavy atom. The molecule has 0 amide bonds. The Labute approximate surface area is 318 Å². The van der Waals surface area contributed by atoms with E-state index in [4.69, 9.17) is 4.42 Å². The lowest BCUT2D eigenvalue weighted by atomic mass is 10.0. The third kappa shape index (κ3) is 4.45. The molecule has 0 aliphatic heterocycles. The molecule has 0 radical (unpaired) electrons. The van der Waals surface area contributed by atoms with Crippen molar-refractivity contribution in [3.63, 3.8) is 0 Å². The molecular weight excluding hydrogens is 695 g/mol. The van der Waals surface area contributed by atoms with E-state index >= 15 is 0 Å². The highest BCUT2D eigenvalue weighted by Gasteiger charge is 2.23. The first-order chi connectivity index (χ1) is 26.7. The van der Waals surface area contributed by atoms with Crippen molar-refractivity contribution in [2.75, 3.05) is 4.90 Å². The van der Waals surface area contributed by atoms with Gasteiger partial charge in [0.2, 0.25) is 0 Å². The van der Waals surface area contributed by atoms with Gasteiger partial charge >= 0.3 is 0 Å². The van der Waals surface area contributed by atoms with Crippen LogP contribution in [0.3, 0.4) is 0 Å². The number of hydrogen-bond acceptors (Lipinski definition) is 4. The van der Waals surface area contributed by atoms with Crippen molar-refractivity contribution < 1.29 is 4.42 Å². The first-order valence-corrected chi connectivity index (χ1v) is 19.9. The molecule has 0 saturated carbocycles. The molecule has 0 spiro atoms. The third-order valence-electron chi connectivity index (χ3n) is 11.0. The van der Waals surface area contributed by atoms with Gasteiger partial charge in [-0.1, -0.05) is 115 Å². The summed E-state index contributed by atoms with van der Waals surface area (Å²) >= 11 is 3.76. The lowest BCUT2D eigenvalue weighted by molar-refractivity contribution is 0.669. The summed E-state index contributed by atoms with van der Waals surface area (Å²) in [4.78, 5) is 2.49. The number of furan rings is 1. The number of nitrogens with zero attached hydrogens (tertiary/aromatic N) is 1. The minimum atomic E-state index is 0.926. The summed E-state index contributed by atoms with van der Waals surface area (Å²) < 4.78 is 11.4. The summed E-state index contributed by atoms with van der Waals surface area (Å²) in [5, 5.41) is 12.5. The van der Waals surface area contributed by atoms with Crippen LogP contribution >= 0.6 is 22.7 Å². The Morgan fingerprint density at radius 3 is 1.78 bits per heavy atom. The van der Waals surface area contributed by atoms with E-state index in [-0.39, 0.29) is 0 Å². The third-order valence-corrected chi connectivity index (χ3v) is 13.5. The number of benzene rings is 9. The fraction of sp³-hybridized carbons (Fsp3) is 0. The first-order valence-electron chi connectivity index (χ1n) is 18.2. The fourth-order valence-electron chi connectivity index (χ4n) is 8.45. The van der Waals surface area contributed by atoms with Crippen LogP contribution in [0.2, 0.25) is 0 Å². The molecule has 0 atom stereocenters. The number of fused-ring (bicyclic) bond motifs is 12. The first kappa shape index (κ1) is 30.0. The van der Waals surface area contributed by atoms with Crippen molar-refractivity contribution in [1.82, 2.24) is 0 Å². The largest absolute Gasteiger partial charge is 0.456 e. The zero-order valence-corrected chi connectivity index (χ0v) is 30.5. The summed E-state index contributed by atoms with van der Waals surface area (Å²) in [5.41, 5.74) is 7.75. The molecule has 0 N–H and O–H groups in total. The number of anilines is 3. The second-order valence-corrected chi connectivity index (χ2v) is 16.1. The zero-order valence-electron chi connectivity index (χ0n) is 28.9. The molecule has 0 bridgehead atoms. The SMILES string of the molecule is c1ccc2cc(-c3ccc(N(c4cccc5c4sc4cc6ccccc6cc45)c4cccc5c4sc4c5ccc5oc6ccccc6c54)cc3)ccc2c1. The molecule has 0 unspecified atom stereocenters. The standard InChI is InChI=1S/C50H29NOS2/c1-2-10-32-27-35(20-19-30(32)9-1)31-21-23-36(24-22-31)51(42-16-8-15-38-41-28-33-11-3-4-12-34(33)29-46(41)53-48(38)42)43-17-7-14-37-39-25-26-45-47(50(39)54-49(37)43)40-13-5-6-18-44(40)52-45/h1-29H. The van der Waals surface area contributed by atoms with Gasteiger partial charge in [-0.25, -0.2) is 0 Å². The monoisotopic (exact) mass is 723 g/mol. The van der Waals surface area contributed by atoms with Crippen molar-refractivity contribution in [1.29, 1.82) is 0 Å². The van der Waals surface area contributed by atoms with Crippen LogP contribution in [0.4, 0.5) is 17.1 Å². The molecule has 3 heterocycles. The van der Waals surface area contributed by atoms with E-state index < -0.39 is 0 Å². The van der Waals surface area contributed by atoms with Crippen LogP contribution in [-0.4, -0.2) is 0 Å². The summed E-state index contributed by atoms with van der Waals surface area (Å²) in [6.45, 7) is 0. The molecule has 54 heavy (non-hydrogen) atoms. The Morgan fingerprint density at radius 2 is 0.981 bits per heavy atom. The second kappa shape index (κ2) is 11.5. The fourth-order valence-corrected chi connectivity index (χ4v) is 11.0. The Balaban J connectivity index is 1.11. The minimum absolute atomic E-state index is 0.926. The molecule has 0 fully saturated rings. The lowest BCUT2D eigenvalue weighted by Gasteiger charge is -2.27. The summed E-state index contributed by atoms with van der Waals surface area (Å²) in [6, 6.07) is 64.2. The van der Waals surface area contributed by atoms with Gasteiger partial charge in [0.05, 0.1) is 20.8 Å². The Bertz CT molecular complexity index is 3460. The van der Waals surface area contributed by atoms with Gasteiger partial charge in [-0.05, 0) is 93.3 Å². The number of para-hydroxylation sites is 1. The van der Waals surface area contributed by atoms with E-state index in [1.54, 1.807) is 0 Å². The molecule has 9 aromatic carbocycles. The van der Waals surface area contributed by atoms with Crippen LogP contribution < -0.4 is 4.90 Å².